The van der Waals surface area contributed by atoms with Gasteiger partial charge in [0.25, 0.3) is 0 Å². The van der Waals surface area contributed by atoms with E-state index in [1.54, 1.807) is 10.9 Å². The SMILES string of the molecule is Cc1c(C#N)c(NC(=O)CSc2nn(-c3ccccc3)c(=S)s2)n(Cc2ccco2)c1C. The van der Waals surface area contributed by atoms with E-state index in [1.807, 2.05) is 60.9 Å². The molecule has 0 aliphatic heterocycles. The molecule has 1 aromatic carbocycles. The van der Waals surface area contributed by atoms with Crippen molar-refractivity contribution in [3.63, 3.8) is 0 Å². The first-order valence-corrected chi connectivity index (χ1v) is 11.9. The highest BCUT2D eigenvalue weighted by molar-refractivity contribution is 8.01. The van der Waals surface area contributed by atoms with Gasteiger partial charge in [-0.25, -0.2) is 4.68 Å². The summed E-state index contributed by atoms with van der Waals surface area (Å²) in [7, 11) is 0. The second-order valence-electron chi connectivity index (χ2n) is 6.93. The van der Waals surface area contributed by atoms with Crippen LogP contribution in [0, 0.1) is 29.1 Å². The van der Waals surface area contributed by atoms with E-state index < -0.39 is 0 Å². The van der Waals surface area contributed by atoms with Crippen LogP contribution in [-0.4, -0.2) is 26.0 Å². The van der Waals surface area contributed by atoms with Crippen LogP contribution in [0.5, 0.6) is 0 Å². The first-order chi connectivity index (χ1) is 15.5. The fourth-order valence-corrected chi connectivity index (χ4v) is 5.39. The molecule has 32 heavy (non-hydrogen) atoms. The van der Waals surface area contributed by atoms with Gasteiger partial charge in [-0.1, -0.05) is 41.3 Å². The number of para-hydroxylation sites is 1. The first-order valence-electron chi connectivity index (χ1n) is 9.68. The summed E-state index contributed by atoms with van der Waals surface area (Å²) in [6.45, 7) is 4.22. The maximum atomic E-state index is 12.8. The Kier molecular flexibility index (Phi) is 6.60. The van der Waals surface area contributed by atoms with Gasteiger partial charge in [0.05, 0.1) is 29.8 Å². The molecule has 0 fully saturated rings. The molecule has 0 bridgehead atoms. The number of amides is 1. The summed E-state index contributed by atoms with van der Waals surface area (Å²) in [6, 6.07) is 15.5. The van der Waals surface area contributed by atoms with E-state index in [4.69, 9.17) is 16.6 Å². The van der Waals surface area contributed by atoms with Crippen molar-refractivity contribution in [1.82, 2.24) is 14.3 Å². The highest BCUT2D eigenvalue weighted by Gasteiger charge is 2.20. The summed E-state index contributed by atoms with van der Waals surface area (Å²) >= 11 is 8.09. The number of thioether (sulfide) groups is 1. The Bertz CT molecular complexity index is 1340. The molecule has 0 aliphatic rings. The predicted molar refractivity (Wildman–Crippen MR) is 128 cm³/mol. The molecule has 1 amide bonds. The number of furan rings is 1. The molecular formula is C22H19N5O2S3. The van der Waals surface area contributed by atoms with Gasteiger partial charge in [0, 0.05) is 5.69 Å². The number of hydrogen-bond donors (Lipinski definition) is 1. The van der Waals surface area contributed by atoms with Crippen LogP contribution in [0.2, 0.25) is 0 Å². The molecule has 0 spiro atoms. The lowest BCUT2D eigenvalue weighted by molar-refractivity contribution is -0.113. The van der Waals surface area contributed by atoms with Crippen molar-refractivity contribution in [1.29, 1.82) is 5.26 Å². The molecule has 10 heteroatoms. The zero-order valence-corrected chi connectivity index (χ0v) is 19.8. The molecule has 162 valence electrons. The summed E-state index contributed by atoms with van der Waals surface area (Å²) in [4.78, 5) is 12.8. The summed E-state index contributed by atoms with van der Waals surface area (Å²) in [6.07, 6.45) is 1.60. The lowest BCUT2D eigenvalue weighted by Crippen LogP contribution is -2.18. The highest BCUT2D eigenvalue weighted by atomic mass is 32.2. The van der Waals surface area contributed by atoms with E-state index in [0.29, 0.717) is 26.2 Å². The van der Waals surface area contributed by atoms with Gasteiger partial charge in [-0.15, -0.1) is 5.10 Å². The molecule has 1 N–H and O–H groups in total. The van der Waals surface area contributed by atoms with Crippen LogP contribution >= 0.6 is 35.3 Å². The Morgan fingerprint density at radius 1 is 1.28 bits per heavy atom. The van der Waals surface area contributed by atoms with Gasteiger partial charge < -0.3 is 14.3 Å². The van der Waals surface area contributed by atoms with Gasteiger partial charge in [0.15, 0.2) is 8.29 Å². The van der Waals surface area contributed by atoms with Crippen molar-refractivity contribution in [2.45, 2.75) is 24.7 Å². The van der Waals surface area contributed by atoms with Crippen LogP contribution in [0.15, 0.2) is 57.5 Å². The lowest BCUT2D eigenvalue weighted by Gasteiger charge is -2.11. The monoisotopic (exact) mass is 481 g/mol. The van der Waals surface area contributed by atoms with Crippen LogP contribution in [0.25, 0.3) is 5.69 Å². The summed E-state index contributed by atoms with van der Waals surface area (Å²) in [5.41, 5.74) is 3.07. The summed E-state index contributed by atoms with van der Waals surface area (Å²) in [5.74, 6) is 1.14. The number of benzene rings is 1. The third-order valence-corrected chi connectivity index (χ3v) is 7.32. The van der Waals surface area contributed by atoms with Crippen molar-refractivity contribution in [2.75, 3.05) is 11.1 Å². The zero-order chi connectivity index (χ0) is 22.7. The van der Waals surface area contributed by atoms with Gasteiger partial charge in [0.2, 0.25) is 5.91 Å². The minimum atomic E-state index is -0.225. The Labute approximate surface area is 198 Å². The Balaban J connectivity index is 1.50. The number of aromatic nitrogens is 3. The predicted octanol–water partition coefficient (Wildman–Crippen LogP) is 5.33. The topological polar surface area (TPSA) is 88.8 Å². The standard InChI is InChI=1S/C22H19N5O2S3/c1-14-15(2)26(12-17-9-6-10-29-17)20(18(14)11-23)24-19(28)13-31-21-25-27(22(30)32-21)16-7-4-3-5-8-16/h3-10H,12-13H2,1-2H3,(H,24,28). The fraction of sp³-hybridized carbons (Fsp3) is 0.182. The molecule has 4 aromatic rings. The van der Waals surface area contributed by atoms with Crippen molar-refractivity contribution in [3.8, 4) is 11.8 Å². The average molecular weight is 482 g/mol. The number of carbonyl (C=O) groups excluding carboxylic acids is 1. The fourth-order valence-electron chi connectivity index (χ4n) is 3.23. The quantitative estimate of drug-likeness (QED) is 0.284. The molecule has 0 radical (unpaired) electrons. The molecule has 4 rings (SSSR count). The van der Waals surface area contributed by atoms with Crippen LogP contribution in [0.3, 0.4) is 0 Å². The first kappa shape index (κ1) is 22.1. The Morgan fingerprint density at radius 2 is 2.06 bits per heavy atom. The number of hydrogen-bond acceptors (Lipinski definition) is 7. The number of rotatable bonds is 7. The van der Waals surface area contributed by atoms with Gasteiger partial charge in [-0.05, 0) is 55.9 Å². The normalized spacial score (nSPS) is 10.8. The third kappa shape index (κ3) is 4.55. The molecule has 0 atom stereocenters. The molecule has 7 nitrogen and oxygen atoms in total. The highest BCUT2D eigenvalue weighted by Crippen LogP contribution is 2.29. The maximum Gasteiger partial charge on any atom is 0.235 e. The number of nitrogens with zero attached hydrogens (tertiary/aromatic N) is 4. The van der Waals surface area contributed by atoms with Crippen LogP contribution in [0.1, 0.15) is 22.6 Å². The number of carbonyl (C=O) groups is 1. The van der Waals surface area contributed by atoms with E-state index in [2.05, 4.69) is 16.5 Å². The van der Waals surface area contributed by atoms with Crippen molar-refractivity contribution in [3.05, 3.63) is 75.3 Å². The van der Waals surface area contributed by atoms with Gasteiger partial charge in [-0.2, -0.15) is 5.26 Å². The second-order valence-corrected chi connectivity index (χ2v) is 9.77. The zero-order valence-electron chi connectivity index (χ0n) is 17.4. The van der Waals surface area contributed by atoms with Crippen molar-refractivity contribution in [2.24, 2.45) is 0 Å². The molecular weight excluding hydrogens is 462 g/mol. The molecule has 3 heterocycles. The van der Waals surface area contributed by atoms with Crippen LogP contribution in [-0.2, 0) is 11.3 Å². The second kappa shape index (κ2) is 9.56. The van der Waals surface area contributed by atoms with Crippen LogP contribution < -0.4 is 5.32 Å². The minimum absolute atomic E-state index is 0.145. The molecule has 0 unspecified atom stereocenters. The van der Waals surface area contributed by atoms with Crippen LogP contribution in [0.4, 0.5) is 5.82 Å². The van der Waals surface area contributed by atoms with E-state index in [9.17, 15) is 10.1 Å². The Hall–Kier alpha value is -3.13. The van der Waals surface area contributed by atoms with Crippen molar-refractivity contribution < 1.29 is 9.21 Å². The summed E-state index contributed by atoms with van der Waals surface area (Å²) in [5, 5.41) is 17.1. The number of anilines is 1. The maximum absolute atomic E-state index is 12.8. The molecule has 0 saturated heterocycles. The third-order valence-electron chi connectivity index (χ3n) is 4.95. The Morgan fingerprint density at radius 3 is 2.75 bits per heavy atom. The van der Waals surface area contributed by atoms with E-state index in [1.165, 1.54) is 23.1 Å². The van der Waals surface area contributed by atoms with E-state index >= 15 is 0 Å². The molecule has 0 aliphatic carbocycles. The van der Waals surface area contributed by atoms with Gasteiger partial charge in [0.1, 0.15) is 17.6 Å². The smallest absolute Gasteiger partial charge is 0.235 e. The molecule has 0 saturated carbocycles. The largest absolute Gasteiger partial charge is 0.467 e. The van der Waals surface area contributed by atoms with Gasteiger partial charge >= 0.3 is 0 Å². The van der Waals surface area contributed by atoms with E-state index in [-0.39, 0.29) is 11.7 Å². The summed E-state index contributed by atoms with van der Waals surface area (Å²) < 4.78 is 10.3. The lowest BCUT2D eigenvalue weighted by atomic mass is 10.2. The van der Waals surface area contributed by atoms with Crippen molar-refractivity contribution >= 4 is 47.0 Å². The number of nitrogens with one attached hydrogen (secondary N) is 1. The minimum Gasteiger partial charge on any atom is -0.467 e. The number of nitriles is 1. The van der Waals surface area contributed by atoms with Gasteiger partial charge in [-0.3, -0.25) is 4.79 Å². The van der Waals surface area contributed by atoms with E-state index in [0.717, 1.165) is 22.7 Å². The average Bonchev–Trinajstić information content (AvgIpc) is 3.49. The molecule has 3 aromatic heterocycles.